The van der Waals surface area contributed by atoms with Crippen molar-refractivity contribution >= 4 is 17.9 Å². The number of hydrogen-bond acceptors (Lipinski definition) is 6. The van der Waals surface area contributed by atoms with Crippen LogP contribution in [0.15, 0.2) is 134 Å². The smallest absolute Gasteiger partial charge is 0.306 e. The van der Waals surface area contributed by atoms with Gasteiger partial charge in [-0.2, -0.15) is 0 Å². The summed E-state index contributed by atoms with van der Waals surface area (Å²) in [6.07, 6.45) is 75.9. The lowest BCUT2D eigenvalue weighted by atomic mass is 10.1. The monoisotopic (exact) mass is 925 g/mol. The Morgan fingerprint density at radius 3 is 1.03 bits per heavy atom. The number of rotatable bonds is 46. The van der Waals surface area contributed by atoms with Crippen molar-refractivity contribution in [3.63, 3.8) is 0 Å². The van der Waals surface area contributed by atoms with Crippen molar-refractivity contribution in [3.8, 4) is 0 Å². The van der Waals surface area contributed by atoms with Crippen LogP contribution in [-0.4, -0.2) is 37.2 Å². The van der Waals surface area contributed by atoms with Crippen LogP contribution in [0.5, 0.6) is 0 Å². The first-order chi connectivity index (χ1) is 33.0. The summed E-state index contributed by atoms with van der Waals surface area (Å²) in [7, 11) is 0. The highest BCUT2D eigenvalue weighted by Crippen LogP contribution is 2.11. The third kappa shape index (κ3) is 52.4. The van der Waals surface area contributed by atoms with Gasteiger partial charge in [-0.1, -0.05) is 199 Å². The Kier molecular flexibility index (Phi) is 50.6. The van der Waals surface area contributed by atoms with Gasteiger partial charge in [-0.25, -0.2) is 0 Å². The Labute approximate surface area is 411 Å². The Morgan fingerprint density at radius 2 is 0.612 bits per heavy atom. The number of ether oxygens (including phenoxy) is 3. The van der Waals surface area contributed by atoms with Crippen molar-refractivity contribution in [2.45, 2.75) is 219 Å². The predicted molar refractivity (Wildman–Crippen MR) is 288 cm³/mol. The van der Waals surface area contributed by atoms with Gasteiger partial charge in [0.1, 0.15) is 13.2 Å². The zero-order chi connectivity index (χ0) is 48.6. The van der Waals surface area contributed by atoms with E-state index in [2.05, 4.69) is 142 Å². The molecule has 1 atom stereocenters. The zero-order valence-corrected chi connectivity index (χ0v) is 42.9. The van der Waals surface area contributed by atoms with Crippen molar-refractivity contribution in [1.29, 1.82) is 0 Å². The van der Waals surface area contributed by atoms with Crippen LogP contribution >= 0.6 is 0 Å². The molecule has 376 valence electrons. The zero-order valence-electron chi connectivity index (χ0n) is 42.9. The molecule has 0 rings (SSSR count). The van der Waals surface area contributed by atoms with Crippen molar-refractivity contribution < 1.29 is 28.6 Å². The first-order valence-electron chi connectivity index (χ1n) is 26.7. The van der Waals surface area contributed by atoms with E-state index in [-0.39, 0.29) is 50.4 Å². The molecule has 0 amide bonds. The summed E-state index contributed by atoms with van der Waals surface area (Å²) in [5, 5.41) is 0. The quantitative estimate of drug-likeness (QED) is 0.0262. The maximum absolute atomic E-state index is 12.8. The fourth-order valence-corrected chi connectivity index (χ4v) is 6.62. The average Bonchev–Trinajstić information content (AvgIpc) is 3.33. The summed E-state index contributed by atoms with van der Waals surface area (Å²) in [4.78, 5) is 38.0. The van der Waals surface area contributed by atoms with E-state index in [1.165, 1.54) is 51.4 Å². The average molecular weight is 925 g/mol. The van der Waals surface area contributed by atoms with Gasteiger partial charge in [-0.3, -0.25) is 14.4 Å². The van der Waals surface area contributed by atoms with Gasteiger partial charge in [-0.05, 0) is 128 Å². The molecule has 0 aliphatic heterocycles. The SMILES string of the molecule is CC/C=C\C/C=C\C/C=C\C/C=C\CCCCC(=O)OC[C@H](COC(=O)CC/C=C\C/C=C\C/C=C\C/C=C\C/C=C\CCCCC)OC(=O)CCCCCCC/C=C\C/C=C\CCCCC. The Bertz CT molecular complexity index is 1480. The first-order valence-corrected chi connectivity index (χ1v) is 26.7. The highest BCUT2D eigenvalue weighted by molar-refractivity contribution is 5.71. The maximum Gasteiger partial charge on any atom is 0.306 e. The molecule has 0 spiro atoms. The van der Waals surface area contributed by atoms with E-state index >= 15 is 0 Å². The van der Waals surface area contributed by atoms with Crippen LogP contribution in [0.1, 0.15) is 213 Å². The van der Waals surface area contributed by atoms with E-state index in [9.17, 15) is 14.4 Å². The Balaban J connectivity index is 4.61. The molecule has 0 radical (unpaired) electrons. The lowest BCUT2D eigenvalue weighted by Crippen LogP contribution is -2.30. The molecule has 0 aromatic rings. The van der Waals surface area contributed by atoms with Gasteiger partial charge in [0, 0.05) is 19.3 Å². The maximum atomic E-state index is 12.8. The van der Waals surface area contributed by atoms with Crippen molar-refractivity contribution in [3.05, 3.63) is 134 Å². The second kappa shape index (κ2) is 54.2. The van der Waals surface area contributed by atoms with Gasteiger partial charge in [0.2, 0.25) is 0 Å². The fourth-order valence-electron chi connectivity index (χ4n) is 6.62. The normalized spacial score (nSPS) is 13.2. The molecular formula is C61H96O6. The van der Waals surface area contributed by atoms with Crippen molar-refractivity contribution in [2.24, 2.45) is 0 Å². The molecule has 0 aromatic carbocycles. The first kappa shape index (κ1) is 62.5. The van der Waals surface area contributed by atoms with Crippen molar-refractivity contribution in [1.82, 2.24) is 0 Å². The molecule has 6 heteroatoms. The number of unbranched alkanes of at least 4 members (excludes halogenated alkanes) is 13. The Morgan fingerprint density at radius 1 is 0.313 bits per heavy atom. The second-order valence-electron chi connectivity index (χ2n) is 17.0. The molecule has 0 aliphatic carbocycles. The minimum Gasteiger partial charge on any atom is -0.462 e. The van der Waals surface area contributed by atoms with E-state index in [1.807, 2.05) is 12.2 Å². The number of esters is 3. The molecule has 0 aliphatic rings. The highest BCUT2D eigenvalue weighted by atomic mass is 16.6. The minimum atomic E-state index is -0.837. The van der Waals surface area contributed by atoms with Crippen LogP contribution in [0.4, 0.5) is 0 Å². The van der Waals surface area contributed by atoms with Gasteiger partial charge in [0.05, 0.1) is 0 Å². The lowest BCUT2D eigenvalue weighted by molar-refractivity contribution is -0.166. The van der Waals surface area contributed by atoms with Crippen LogP contribution in [0.2, 0.25) is 0 Å². The predicted octanol–water partition coefficient (Wildman–Crippen LogP) is 17.9. The summed E-state index contributed by atoms with van der Waals surface area (Å²) in [6.45, 7) is 6.34. The van der Waals surface area contributed by atoms with E-state index in [0.29, 0.717) is 12.8 Å². The second-order valence-corrected chi connectivity index (χ2v) is 17.0. The van der Waals surface area contributed by atoms with Gasteiger partial charge >= 0.3 is 17.9 Å². The van der Waals surface area contributed by atoms with E-state index in [0.717, 1.165) is 109 Å². The standard InChI is InChI=1S/C61H96O6/c1-4-7-10-13-16-19-22-25-28-29-30-31-34-36-39-42-45-48-51-54-60(63)66-57-58(67-61(64)55-52-49-46-43-40-37-33-27-24-21-18-15-12-9-6-3)56-65-59(62)53-50-47-44-41-38-35-32-26-23-20-17-14-11-8-5-2/h8,11,16-21,25-28,30-33,36,38-39,41,45,48,58H,4-7,9-10,12-15,22-24,29,34-35,37,40,42-44,46-47,49-57H2,1-3H3/b11-8-,19-16-,20-17-,21-18-,28-25-,31-30-,32-26-,33-27-,39-36-,41-38-,48-45-/t58-/m1/s1. The molecule has 6 nitrogen and oxygen atoms in total. The van der Waals surface area contributed by atoms with E-state index < -0.39 is 6.10 Å². The number of hydrogen-bond donors (Lipinski definition) is 0. The molecule has 0 saturated heterocycles. The number of carbonyl (C=O) groups is 3. The summed E-state index contributed by atoms with van der Waals surface area (Å²) in [5.74, 6) is -1.08. The summed E-state index contributed by atoms with van der Waals surface area (Å²) in [6, 6.07) is 0. The van der Waals surface area contributed by atoms with Gasteiger partial charge in [0.15, 0.2) is 6.10 Å². The minimum absolute atomic E-state index is 0.133. The van der Waals surface area contributed by atoms with Gasteiger partial charge in [0.25, 0.3) is 0 Å². The summed E-state index contributed by atoms with van der Waals surface area (Å²) >= 11 is 0. The molecule has 0 unspecified atom stereocenters. The van der Waals surface area contributed by atoms with E-state index in [4.69, 9.17) is 14.2 Å². The molecule has 67 heavy (non-hydrogen) atoms. The molecule has 0 N–H and O–H groups in total. The molecule has 0 saturated carbocycles. The van der Waals surface area contributed by atoms with Crippen LogP contribution in [0.25, 0.3) is 0 Å². The van der Waals surface area contributed by atoms with E-state index in [1.54, 1.807) is 0 Å². The van der Waals surface area contributed by atoms with Crippen LogP contribution in [0.3, 0.4) is 0 Å². The van der Waals surface area contributed by atoms with Crippen LogP contribution < -0.4 is 0 Å². The lowest BCUT2D eigenvalue weighted by Gasteiger charge is -2.18. The van der Waals surface area contributed by atoms with Gasteiger partial charge < -0.3 is 14.2 Å². The molecule has 0 heterocycles. The molecule has 0 bridgehead atoms. The van der Waals surface area contributed by atoms with Gasteiger partial charge in [-0.15, -0.1) is 0 Å². The van der Waals surface area contributed by atoms with Crippen molar-refractivity contribution in [2.75, 3.05) is 13.2 Å². The number of allylic oxidation sites excluding steroid dienone is 22. The molecule has 0 fully saturated rings. The fraction of sp³-hybridized carbons (Fsp3) is 0.590. The third-order valence-corrected chi connectivity index (χ3v) is 10.6. The third-order valence-electron chi connectivity index (χ3n) is 10.6. The highest BCUT2D eigenvalue weighted by Gasteiger charge is 2.19. The number of carbonyl (C=O) groups excluding carboxylic acids is 3. The molecular weight excluding hydrogens is 829 g/mol. The topological polar surface area (TPSA) is 78.9 Å². The van der Waals surface area contributed by atoms with Crippen LogP contribution in [-0.2, 0) is 28.6 Å². The molecule has 0 aromatic heterocycles. The Hall–Kier alpha value is -4.45. The largest absolute Gasteiger partial charge is 0.462 e. The summed E-state index contributed by atoms with van der Waals surface area (Å²) in [5.41, 5.74) is 0. The van der Waals surface area contributed by atoms with Crippen LogP contribution in [0, 0.1) is 0 Å². The summed E-state index contributed by atoms with van der Waals surface area (Å²) < 4.78 is 16.7.